The normalized spacial score (nSPS) is 22.7. The van der Waals surface area contributed by atoms with Crippen molar-refractivity contribution in [2.45, 2.75) is 59.7 Å². The molecule has 2 heterocycles. The lowest BCUT2D eigenvalue weighted by Gasteiger charge is -2.45. The summed E-state index contributed by atoms with van der Waals surface area (Å²) in [6.45, 7) is 13.5. The molecule has 1 fully saturated rings. The summed E-state index contributed by atoms with van der Waals surface area (Å²) in [4.78, 5) is 20.8. The monoisotopic (exact) mass is 306 g/mol. The van der Waals surface area contributed by atoms with E-state index in [-0.39, 0.29) is 18.0 Å². The van der Waals surface area contributed by atoms with Crippen LogP contribution in [0, 0.1) is 6.92 Å². The maximum Gasteiger partial charge on any atom is 0.239 e. The van der Waals surface area contributed by atoms with Gasteiger partial charge in [-0.3, -0.25) is 4.79 Å². The zero-order chi connectivity index (χ0) is 16.9. The number of amides is 1. The molecule has 1 unspecified atom stereocenters. The quantitative estimate of drug-likeness (QED) is 0.910. The Kier molecular flexibility index (Phi) is 6.81. The zero-order valence-corrected chi connectivity index (χ0v) is 14.7. The molecule has 1 aliphatic rings. The molecular formula is C17H30N4O. The predicted molar refractivity (Wildman–Crippen MR) is 92.0 cm³/mol. The maximum absolute atomic E-state index is 12.2. The van der Waals surface area contributed by atoms with Gasteiger partial charge >= 0.3 is 0 Å². The van der Waals surface area contributed by atoms with Crippen molar-refractivity contribution < 1.29 is 4.79 Å². The van der Waals surface area contributed by atoms with Crippen molar-refractivity contribution in [2.24, 2.45) is 5.73 Å². The molecule has 1 saturated heterocycles. The smallest absolute Gasteiger partial charge is 0.239 e. The van der Waals surface area contributed by atoms with Crippen LogP contribution in [0.25, 0.3) is 0 Å². The number of carbonyl (C=O) groups is 1. The van der Waals surface area contributed by atoms with Gasteiger partial charge in [0.1, 0.15) is 5.82 Å². The number of piperazine rings is 1. The van der Waals surface area contributed by atoms with Crippen LogP contribution in [0.1, 0.15) is 40.2 Å². The first kappa shape index (κ1) is 18.4. The highest BCUT2D eigenvalue weighted by Gasteiger charge is 2.34. The maximum atomic E-state index is 12.2. The Morgan fingerprint density at radius 2 is 1.82 bits per heavy atom. The van der Waals surface area contributed by atoms with Gasteiger partial charge in [-0.1, -0.05) is 19.9 Å². The third kappa shape index (κ3) is 4.19. The van der Waals surface area contributed by atoms with Gasteiger partial charge in [0.15, 0.2) is 0 Å². The molecule has 1 aliphatic heterocycles. The highest BCUT2D eigenvalue weighted by Crippen LogP contribution is 2.21. The van der Waals surface area contributed by atoms with E-state index in [1.807, 2.05) is 37.9 Å². The molecule has 0 aromatic carbocycles. The Bertz CT molecular complexity index is 460. The average Bonchev–Trinajstić information content (AvgIpc) is 2.49. The number of hydrogen-bond acceptors (Lipinski definition) is 4. The standard InChI is InChI=1S/C15H24N4O.C2H6/c1-10-5-6-14(17-7-10)18-8-11(2)19(12(3)9-18)15(20)13(4)16;1-2/h5-7,11-13H,8-9,16H2,1-4H3;1-2H3/t11-,12+,13?;. The summed E-state index contributed by atoms with van der Waals surface area (Å²) < 4.78 is 0. The Morgan fingerprint density at radius 3 is 2.23 bits per heavy atom. The predicted octanol–water partition coefficient (Wildman–Crippen LogP) is 2.19. The van der Waals surface area contributed by atoms with E-state index in [0.29, 0.717) is 0 Å². The Hall–Kier alpha value is -1.62. The number of anilines is 1. The topological polar surface area (TPSA) is 62.5 Å². The van der Waals surface area contributed by atoms with Crippen LogP contribution < -0.4 is 10.6 Å². The van der Waals surface area contributed by atoms with E-state index in [1.165, 1.54) is 0 Å². The molecule has 0 bridgehead atoms. The first-order valence-corrected chi connectivity index (χ1v) is 8.15. The molecule has 0 radical (unpaired) electrons. The van der Waals surface area contributed by atoms with Gasteiger partial charge in [0.25, 0.3) is 0 Å². The highest BCUT2D eigenvalue weighted by molar-refractivity contribution is 5.82. The molecule has 0 spiro atoms. The first-order valence-electron chi connectivity index (χ1n) is 8.15. The van der Waals surface area contributed by atoms with E-state index in [2.05, 4.69) is 29.8 Å². The SMILES string of the molecule is CC.Cc1ccc(N2C[C@@H](C)N(C(=O)C(C)N)[C@@H](C)C2)nc1. The van der Waals surface area contributed by atoms with Gasteiger partial charge in [-0.05, 0) is 39.3 Å². The number of carbonyl (C=O) groups excluding carboxylic acids is 1. The summed E-state index contributed by atoms with van der Waals surface area (Å²) in [5.41, 5.74) is 6.89. The molecule has 2 N–H and O–H groups in total. The third-order valence-corrected chi connectivity index (χ3v) is 3.78. The highest BCUT2D eigenvalue weighted by atomic mass is 16.2. The molecule has 0 aliphatic carbocycles. The Balaban J connectivity index is 0.00000116. The summed E-state index contributed by atoms with van der Waals surface area (Å²) in [7, 11) is 0. The number of rotatable bonds is 2. The minimum Gasteiger partial charge on any atom is -0.353 e. The van der Waals surface area contributed by atoms with Crippen molar-refractivity contribution in [1.29, 1.82) is 0 Å². The van der Waals surface area contributed by atoms with Crippen LogP contribution in [0.5, 0.6) is 0 Å². The van der Waals surface area contributed by atoms with Crippen molar-refractivity contribution >= 4 is 11.7 Å². The number of pyridine rings is 1. The second kappa shape index (κ2) is 8.13. The molecule has 5 nitrogen and oxygen atoms in total. The fourth-order valence-corrected chi connectivity index (χ4v) is 2.83. The first-order chi connectivity index (χ1) is 10.4. The number of nitrogens with zero attached hydrogens (tertiary/aromatic N) is 3. The minimum atomic E-state index is -0.441. The number of nitrogens with two attached hydrogens (primary N) is 1. The van der Waals surface area contributed by atoms with Crippen molar-refractivity contribution in [3.63, 3.8) is 0 Å². The van der Waals surface area contributed by atoms with Gasteiger partial charge in [-0.2, -0.15) is 0 Å². The molecule has 1 aromatic heterocycles. The molecular weight excluding hydrogens is 276 g/mol. The lowest BCUT2D eigenvalue weighted by atomic mass is 10.1. The minimum absolute atomic E-state index is 0.0292. The summed E-state index contributed by atoms with van der Waals surface area (Å²) in [6.07, 6.45) is 1.88. The van der Waals surface area contributed by atoms with E-state index < -0.39 is 6.04 Å². The van der Waals surface area contributed by atoms with Crippen molar-refractivity contribution in [3.8, 4) is 0 Å². The summed E-state index contributed by atoms with van der Waals surface area (Å²) in [5.74, 6) is 1.00. The lowest BCUT2D eigenvalue weighted by molar-refractivity contribution is -0.137. The summed E-state index contributed by atoms with van der Waals surface area (Å²) in [5, 5.41) is 0. The van der Waals surface area contributed by atoms with Gasteiger partial charge in [-0.15, -0.1) is 0 Å². The van der Waals surface area contributed by atoms with Crippen LogP contribution in [-0.2, 0) is 4.79 Å². The summed E-state index contributed by atoms with van der Waals surface area (Å²) in [6, 6.07) is 3.94. The fourth-order valence-electron chi connectivity index (χ4n) is 2.83. The molecule has 1 amide bonds. The molecule has 5 heteroatoms. The molecule has 2 rings (SSSR count). The van der Waals surface area contributed by atoms with E-state index >= 15 is 0 Å². The van der Waals surface area contributed by atoms with Crippen LogP contribution >= 0.6 is 0 Å². The molecule has 1 aromatic rings. The second-order valence-corrected chi connectivity index (χ2v) is 5.83. The lowest BCUT2D eigenvalue weighted by Crippen LogP contribution is -2.61. The summed E-state index contributed by atoms with van der Waals surface area (Å²) >= 11 is 0. The molecule has 22 heavy (non-hydrogen) atoms. The van der Waals surface area contributed by atoms with E-state index in [1.54, 1.807) is 6.92 Å². The molecule has 0 saturated carbocycles. The van der Waals surface area contributed by atoms with Gasteiger partial charge in [0.2, 0.25) is 5.91 Å². The number of aryl methyl sites for hydroxylation is 1. The Morgan fingerprint density at radius 1 is 1.27 bits per heavy atom. The van der Waals surface area contributed by atoms with Crippen LogP contribution in [0.15, 0.2) is 18.3 Å². The average molecular weight is 306 g/mol. The largest absolute Gasteiger partial charge is 0.353 e. The van der Waals surface area contributed by atoms with Crippen molar-refractivity contribution in [1.82, 2.24) is 9.88 Å². The van der Waals surface area contributed by atoms with E-state index in [0.717, 1.165) is 24.5 Å². The van der Waals surface area contributed by atoms with Crippen LogP contribution in [-0.4, -0.2) is 47.0 Å². The van der Waals surface area contributed by atoms with Crippen LogP contribution in [0.4, 0.5) is 5.82 Å². The van der Waals surface area contributed by atoms with E-state index in [9.17, 15) is 4.79 Å². The van der Waals surface area contributed by atoms with Crippen LogP contribution in [0.2, 0.25) is 0 Å². The van der Waals surface area contributed by atoms with Crippen LogP contribution in [0.3, 0.4) is 0 Å². The van der Waals surface area contributed by atoms with E-state index in [4.69, 9.17) is 5.73 Å². The number of hydrogen-bond donors (Lipinski definition) is 1. The third-order valence-electron chi connectivity index (χ3n) is 3.78. The van der Waals surface area contributed by atoms with Crippen molar-refractivity contribution in [3.05, 3.63) is 23.9 Å². The van der Waals surface area contributed by atoms with Crippen molar-refractivity contribution in [2.75, 3.05) is 18.0 Å². The Labute approximate surface area is 134 Å². The fraction of sp³-hybridized carbons (Fsp3) is 0.647. The molecule has 3 atom stereocenters. The number of aromatic nitrogens is 1. The van der Waals surface area contributed by atoms with Gasteiger partial charge < -0.3 is 15.5 Å². The second-order valence-electron chi connectivity index (χ2n) is 5.83. The molecule has 124 valence electrons. The van der Waals surface area contributed by atoms with Gasteiger partial charge in [0.05, 0.1) is 6.04 Å². The van der Waals surface area contributed by atoms with Gasteiger partial charge in [0, 0.05) is 31.4 Å². The van der Waals surface area contributed by atoms with Gasteiger partial charge in [-0.25, -0.2) is 4.98 Å². The zero-order valence-electron chi connectivity index (χ0n) is 14.7.